The van der Waals surface area contributed by atoms with E-state index in [2.05, 4.69) is 20.8 Å². The topological polar surface area (TPSA) is 66.9 Å². The van der Waals surface area contributed by atoms with Crippen molar-refractivity contribution in [2.24, 2.45) is 0 Å². The average Bonchev–Trinajstić information content (AvgIpc) is 2.81. The Hall–Kier alpha value is -2.02. The smallest absolute Gasteiger partial charge is 0.286 e. The van der Waals surface area contributed by atoms with Gasteiger partial charge >= 0.3 is 0 Å². The Balaban J connectivity index is 2.16. The third-order valence-electron chi connectivity index (χ3n) is 2.21. The van der Waals surface area contributed by atoms with Gasteiger partial charge in [-0.2, -0.15) is 0 Å². The highest BCUT2D eigenvalue weighted by atomic mass is 32.1. The lowest BCUT2D eigenvalue weighted by Crippen LogP contribution is -2.12. The first-order valence-corrected chi connectivity index (χ1v) is 6.00. The minimum atomic E-state index is -0.475. The van der Waals surface area contributed by atoms with Crippen LogP contribution in [-0.2, 0) is 0 Å². The Morgan fingerprint density at radius 2 is 2.17 bits per heavy atom. The fourth-order valence-electron chi connectivity index (χ4n) is 1.31. The number of anilines is 2. The van der Waals surface area contributed by atoms with Crippen LogP contribution in [0.4, 0.5) is 15.2 Å². The van der Waals surface area contributed by atoms with Crippen molar-refractivity contribution >= 4 is 28.1 Å². The van der Waals surface area contributed by atoms with Gasteiger partial charge in [0.15, 0.2) is 0 Å². The molecule has 2 N–H and O–H groups in total. The number of nitrogens with zero attached hydrogens (tertiary/aromatic N) is 2. The van der Waals surface area contributed by atoms with E-state index in [1.807, 2.05) is 0 Å². The van der Waals surface area contributed by atoms with Gasteiger partial charge in [-0.1, -0.05) is 17.4 Å². The number of amides is 1. The van der Waals surface area contributed by atoms with Crippen LogP contribution in [0, 0.1) is 12.7 Å². The lowest BCUT2D eigenvalue weighted by Gasteiger charge is -2.04. The van der Waals surface area contributed by atoms with E-state index in [-0.39, 0.29) is 10.7 Å². The first kappa shape index (κ1) is 12.4. The second-order valence-corrected chi connectivity index (χ2v) is 4.58. The number of benzene rings is 1. The molecule has 5 nitrogen and oxygen atoms in total. The first-order valence-electron chi connectivity index (χ1n) is 5.19. The highest BCUT2D eigenvalue weighted by Crippen LogP contribution is 2.19. The first-order chi connectivity index (χ1) is 8.60. The van der Waals surface area contributed by atoms with Gasteiger partial charge < -0.3 is 10.6 Å². The molecule has 0 saturated carbocycles. The summed E-state index contributed by atoms with van der Waals surface area (Å²) in [5, 5.41) is 13.4. The largest absolute Gasteiger partial charge is 0.363 e. The molecular formula is C11H11FN4OS. The number of hydrogen-bond donors (Lipinski definition) is 2. The molecule has 0 radical (unpaired) electrons. The normalized spacial score (nSPS) is 10.2. The van der Waals surface area contributed by atoms with Gasteiger partial charge in [-0.25, -0.2) is 4.39 Å². The van der Waals surface area contributed by atoms with Gasteiger partial charge in [-0.3, -0.25) is 4.79 Å². The molecule has 0 aliphatic rings. The Bertz CT molecular complexity index is 584. The van der Waals surface area contributed by atoms with Gasteiger partial charge in [0.25, 0.3) is 5.91 Å². The predicted octanol–water partition coefficient (Wildman–Crippen LogP) is 2.28. The summed E-state index contributed by atoms with van der Waals surface area (Å²) in [4.78, 5) is 11.8. The Morgan fingerprint density at radius 3 is 2.78 bits per heavy atom. The van der Waals surface area contributed by atoms with Crippen molar-refractivity contribution in [3.05, 3.63) is 34.6 Å². The minimum Gasteiger partial charge on any atom is -0.363 e. The van der Waals surface area contributed by atoms with Crippen LogP contribution in [-0.4, -0.2) is 23.2 Å². The molecular weight excluding hydrogens is 255 g/mol. The third-order valence-corrected chi connectivity index (χ3v) is 3.15. The molecule has 2 aromatic rings. The van der Waals surface area contributed by atoms with Crippen LogP contribution >= 0.6 is 11.3 Å². The molecule has 7 heteroatoms. The van der Waals surface area contributed by atoms with E-state index >= 15 is 0 Å². The second kappa shape index (κ2) is 5.09. The summed E-state index contributed by atoms with van der Waals surface area (Å²) in [6.45, 7) is 1.78. The van der Waals surface area contributed by atoms with Crippen molar-refractivity contribution in [1.82, 2.24) is 10.2 Å². The van der Waals surface area contributed by atoms with Gasteiger partial charge in [-0.15, -0.1) is 10.2 Å². The second-order valence-electron chi connectivity index (χ2n) is 3.60. The molecule has 1 amide bonds. The van der Waals surface area contributed by atoms with E-state index in [1.165, 1.54) is 12.1 Å². The van der Waals surface area contributed by atoms with Crippen molar-refractivity contribution in [2.45, 2.75) is 6.92 Å². The maximum atomic E-state index is 13.5. The molecule has 0 atom stereocenters. The zero-order valence-corrected chi connectivity index (χ0v) is 10.6. The van der Waals surface area contributed by atoms with E-state index in [1.54, 1.807) is 20.0 Å². The molecule has 0 bridgehead atoms. The Kier molecular flexibility index (Phi) is 3.52. The predicted molar refractivity (Wildman–Crippen MR) is 68.5 cm³/mol. The fraction of sp³-hybridized carbons (Fsp3) is 0.182. The highest BCUT2D eigenvalue weighted by Gasteiger charge is 2.14. The number of rotatable bonds is 3. The number of carbonyl (C=O) groups is 1. The van der Waals surface area contributed by atoms with Gasteiger partial charge in [-0.05, 0) is 24.6 Å². The molecule has 18 heavy (non-hydrogen) atoms. The lowest BCUT2D eigenvalue weighted by molar-refractivity contribution is 0.102. The van der Waals surface area contributed by atoms with Crippen LogP contribution in [0.25, 0.3) is 0 Å². The van der Waals surface area contributed by atoms with E-state index in [9.17, 15) is 9.18 Å². The van der Waals surface area contributed by atoms with E-state index in [4.69, 9.17) is 0 Å². The highest BCUT2D eigenvalue weighted by molar-refractivity contribution is 7.17. The molecule has 0 spiro atoms. The summed E-state index contributed by atoms with van der Waals surface area (Å²) in [6, 6.07) is 4.59. The van der Waals surface area contributed by atoms with Crippen molar-refractivity contribution in [2.75, 3.05) is 17.7 Å². The standard InChI is InChI=1S/C11H11FN4OS/c1-6-3-4-8(7(12)5-6)14-9(17)10-15-16-11(13-2)18-10/h3-5H,1-2H3,(H,13,16)(H,14,17). The molecule has 0 saturated heterocycles. The van der Waals surface area contributed by atoms with Crippen molar-refractivity contribution < 1.29 is 9.18 Å². The molecule has 0 aliphatic carbocycles. The van der Waals surface area contributed by atoms with Crippen LogP contribution in [0.1, 0.15) is 15.4 Å². The monoisotopic (exact) mass is 266 g/mol. The van der Waals surface area contributed by atoms with E-state index in [0.29, 0.717) is 5.13 Å². The average molecular weight is 266 g/mol. The molecule has 1 aromatic carbocycles. The van der Waals surface area contributed by atoms with E-state index < -0.39 is 11.7 Å². The summed E-state index contributed by atoms with van der Waals surface area (Å²) in [6.07, 6.45) is 0. The number of aromatic nitrogens is 2. The molecule has 1 aromatic heterocycles. The maximum Gasteiger partial charge on any atom is 0.286 e. The van der Waals surface area contributed by atoms with Gasteiger partial charge in [0.2, 0.25) is 10.1 Å². The Morgan fingerprint density at radius 1 is 1.39 bits per heavy atom. The summed E-state index contributed by atoms with van der Waals surface area (Å²) >= 11 is 1.10. The maximum absolute atomic E-state index is 13.5. The summed E-state index contributed by atoms with van der Waals surface area (Å²) in [7, 11) is 1.68. The quantitative estimate of drug-likeness (QED) is 0.894. The number of carbonyl (C=O) groups excluding carboxylic acids is 1. The van der Waals surface area contributed by atoms with Gasteiger partial charge in [0.1, 0.15) is 5.82 Å². The Labute approximate surface area is 107 Å². The summed E-state index contributed by atoms with van der Waals surface area (Å²) < 4.78 is 13.5. The zero-order valence-electron chi connectivity index (χ0n) is 9.82. The molecule has 0 aliphatic heterocycles. The van der Waals surface area contributed by atoms with Crippen molar-refractivity contribution in [1.29, 1.82) is 0 Å². The summed E-state index contributed by atoms with van der Waals surface area (Å²) in [5.41, 5.74) is 0.922. The molecule has 0 unspecified atom stereocenters. The molecule has 1 heterocycles. The van der Waals surface area contributed by atoms with Crippen LogP contribution in [0.15, 0.2) is 18.2 Å². The SMILES string of the molecule is CNc1nnc(C(=O)Nc2ccc(C)cc2F)s1. The van der Waals surface area contributed by atoms with E-state index in [0.717, 1.165) is 16.9 Å². The van der Waals surface area contributed by atoms with Crippen molar-refractivity contribution in [3.63, 3.8) is 0 Å². The minimum absolute atomic E-state index is 0.131. The molecule has 0 fully saturated rings. The van der Waals surface area contributed by atoms with Gasteiger partial charge in [0, 0.05) is 7.05 Å². The van der Waals surface area contributed by atoms with Crippen LogP contribution in [0.2, 0.25) is 0 Å². The lowest BCUT2D eigenvalue weighted by atomic mass is 10.2. The molecule has 94 valence electrons. The number of hydrogen-bond acceptors (Lipinski definition) is 5. The number of aryl methyl sites for hydroxylation is 1. The number of nitrogens with one attached hydrogen (secondary N) is 2. The fourth-order valence-corrected chi connectivity index (χ4v) is 1.91. The van der Waals surface area contributed by atoms with Crippen LogP contribution in [0.5, 0.6) is 0 Å². The molecule has 2 rings (SSSR count). The third kappa shape index (κ3) is 2.62. The summed E-state index contributed by atoms with van der Waals surface area (Å²) in [5.74, 6) is -0.946. The van der Waals surface area contributed by atoms with Crippen LogP contribution < -0.4 is 10.6 Å². The zero-order chi connectivity index (χ0) is 13.1. The van der Waals surface area contributed by atoms with Crippen molar-refractivity contribution in [3.8, 4) is 0 Å². The van der Waals surface area contributed by atoms with Gasteiger partial charge in [0.05, 0.1) is 5.69 Å². The van der Waals surface area contributed by atoms with Crippen LogP contribution in [0.3, 0.4) is 0 Å². The number of halogens is 1.